The van der Waals surface area contributed by atoms with Gasteiger partial charge in [-0.25, -0.2) is 8.78 Å². The second-order valence-electron chi connectivity index (χ2n) is 4.80. The van der Waals surface area contributed by atoms with Crippen molar-refractivity contribution in [2.24, 2.45) is 0 Å². The minimum atomic E-state index is -1.77. The minimum absolute atomic E-state index is 0.0288. The highest BCUT2D eigenvalue weighted by Gasteiger charge is 2.32. The van der Waals surface area contributed by atoms with E-state index in [1.165, 1.54) is 25.1 Å². The maximum atomic E-state index is 13.9. The molecule has 1 atom stereocenters. The lowest BCUT2D eigenvalue weighted by atomic mass is 9.87. The van der Waals surface area contributed by atoms with Crippen LogP contribution in [0.4, 0.5) is 8.78 Å². The van der Waals surface area contributed by atoms with Crippen molar-refractivity contribution in [2.75, 3.05) is 0 Å². The molecule has 0 heterocycles. The molecule has 1 unspecified atom stereocenters. The lowest BCUT2D eigenvalue weighted by Crippen LogP contribution is -2.25. The van der Waals surface area contributed by atoms with Gasteiger partial charge in [0.15, 0.2) is 0 Å². The molecule has 5 heteroatoms. The van der Waals surface area contributed by atoms with Gasteiger partial charge in [0, 0.05) is 16.1 Å². The molecule has 20 heavy (non-hydrogen) atoms. The first-order valence-electron chi connectivity index (χ1n) is 5.87. The van der Waals surface area contributed by atoms with Crippen molar-refractivity contribution >= 4 is 23.2 Å². The van der Waals surface area contributed by atoms with Gasteiger partial charge in [0.25, 0.3) is 0 Å². The first kappa shape index (κ1) is 15.2. The van der Waals surface area contributed by atoms with Crippen LogP contribution in [0.1, 0.15) is 23.6 Å². The molecular formula is C15H12Cl2F2O. The van der Waals surface area contributed by atoms with Crippen LogP contribution in [0.3, 0.4) is 0 Å². The van der Waals surface area contributed by atoms with Gasteiger partial charge < -0.3 is 5.11 Å². The molecule has 0 aliphatic rings. The molecule has 0 saturated heterocycles. The van der Waals surface area contributed by atoms with Crippen molar-refractivity contribution in [3.05, 3.63) is 68.7 Å². The Morgan fingerprint density at radius 3 is 2.25 bits per heavy atom. The normalized spacial score (nSPS) is 14.2. The van der Waals surface area contributed by atoms with Gasteiger partial charge in [0.1, 0.15) is 17.2 Å². The monoisotopic (exact) mass is 316 g/mol. The molecule has 0 aliphatic carbocycles. The molecule has 0 radical (unpaired) electrons. The van der Waals surface area contributed by atoms with E-state index in [1.807, 2.05) is 0 Å². The number of benzene rings is 2. The van der Waals surface area contributed by atoms with E-state index in [1.54, 1.807) is 13.0 Å². The van der Waals surface area contributed by atoms with Crippen LogP contribution < -0.4 is 0 Å². The van der Waals surface area contributed by atoms with E-state index in [2.05, 4.69) is 0 Å². The molecule has 1 nitrogen and oxygen atoms in total. The van der Waals surface area contributed by atoms with Gasteiger partial charge in [0.05, 0.1) is 5.02 Å². The molecule has 2 aromatic carbocycles. The topological polar surface area (TPSA) is 20.2 Å². The van der Waals surface area contributed by atoms with Crippen LogP contribution in [-0.2, 0) is 5.60 Å². The summed E-state index contributed by atoms with van der Waals surface area (Å²) in [4.78, 5) is 0. The van der Waals surface area contributed by atoms with Crippen molar-refractivity contribution < 1.29 is 13.9 Å². The fourth-order valence-electron chi connectivity index (χ4n) is 2.05. The van der Waals surface area contributed by atoms with Gasteiger partial charge >= 0.3 is 0 Å². The number of aliphatic hydroxyl groups is 1. The van der Waals surface area contributed by atoms with Crippen LogP contribution in [0.15, 0.2) is 30.3 Å². The zero-order valence-corrected chi connectivity index (χ0v) is 12.4. The fraction of sp³-hybridized carbons (Fsp3) is 0.200. The predicted molar refractivity (Wildman–Crippen MR) is 76.2 cm³/mol. The smallest absolute Gasteiger partial charge is 0.142 e. The second-order valence-corrected chi connectivity index (χ2v) is 5.62. The largest absolute Gasteiger partial charge is 0.381 e. The van der Waals surface area contributed by atoms with Gasteiger partial charge in [-0.1, -0.05) is 34.8 Å². The summed E-state index contributed by atoms with van der Waals surface area (Å²) < 4.78 is 27.5. The van der Waals surface area contributed by atoms with Crippen LogP contribution in [0.25, 0.3) is 0 Å². The third kappa shape index (κ3) is 2.66. The average Bonchev–Trinajstić information content (AvgIpc) is 2.36. The first-order valence-corrected chi connectivity index (χ1v) is 6.63. The number of rotatable bonds is 2. The van der Waals surface area contributed by atoms with E-state index in [-0.39, 0.29) is 21.2 Å². The Balaban J connectivity index is 2.66. The van der Waals surface area contributed by atoms with Gasteiger partial charge in [-0.15, -0.1) is 0 Å². The Labute approximate surface area is 125 Å². The van der Waals surface area contributed by atoms with Crippen molar-refractivity contribution in [1.29, 1.82) is 0 Å². The summed E-state index contributed by atoms with van der Waals surface area (Å²) >= 11 is 11.6. The van der Waals surface area contributed by atoms with E-state index in [4.69, 9.17) is 23.2 Å². The molecule has 2 rings (SSSR count). The molecule has 0 amide bonds. The maximum Gasteiger partial charge on any atom is 0.142 e. The van der Waals surface area contributed by atoms with Crippen molar-refractivity contribution in [3.8, 4) is 0 Å². The zero-order chi connectivity index (χ0) is 15.1. The Morgan fingerprint density at radius 2 is 1.60 bits per heavy atom. The molecule has 0 aliphatic heterocycles. The Bertz CT molecular complexity index is 669. The highest BCUT2D eigenvalue weighted by molar-refractivity contribution is 6.35. The quantitative estimate of drug-likeness (QED) is 0.786. The summed E-state index contributed by atoms with van der Waals surface area (Å²) in [6.45, 7) is 3.13. The standard InChI is InChI=1S/C15H12Cl2F2O/c1-8-3-4-13(18)10(5-8)15(2,20)9-6-14(19)12(17)7-11(9)16/h3-7,20H,1-2H3. The van der Waals surface area contributed by atoms with Crippen molar-refractivity contribution in [2.45, 2.75) is 19.4 Å². The minimum Gasteiger partial charge on any atom is -0.381 e. The number of hydrogen-bond acceptors (Lipinski definition) is 1. The van der Waals surface area contributed by atoms with Crippen LogP contribution in [0, 0.1) is 18.6 Å². The summed E-state index contributed by atoms with van der Waals surface area (Å²) in [6.07, 6.45) is 0. The van der Waals surface area contributed by atoms with Crippen LogP contribution in [0.2, 0.25) is 10.0 Å². The summed E-state index contributed by atoms with van der Waals surface area (Å²) in [5, 5.41) is 10.5. The van der Waals surface area contributed by atoms with Gasteiger partial charge in [-0.2, -0.15) is 0 Å². The molecule has 0 bridgehead atoms. The average molecular weight is 317 g/mol. The van der Waals surface area contributed by atoms with Crippen LogP contribution >= 0.6 is 23.2 Å². The molecule has 0 saturated carbocycles. The number of hydrogen-bond donors (Lipinski definition) is 1. The zero-order valence-electron chi connectivity index (χ0n) is 10.8. The van der Waals surface area contributed by atoms with Crippen LogP contribution in [0.5, 0.6) is 0 Å². The van der Waals surface area contributed by atoms with E-state index in [0.717, 1.165) is 11.6 Å². The predicted octanol–water partition coefficient (Wildman–Crippen LogP) is 4.84. The summed E-state index contributed by atoms with van der Waals surface area (Å²) in [7, 11) is 0. The molecule has 0 spiro atoms. The Morgan fingerprint density at radius 1 is 0.950 bits per heavy atom. The molecule has 0 aromatic heterocycles. The highest BCUT2D eigenvalue weighted by Crippen LogP contribution is 2.37. The highest BCUT2D eigenvalue weighted by atomic mass is 35.5. The maximum absolute atomic E-state index is 13.9. The third-order valence-corrected chi connectivity index (χ3v) is 3.78. The molecule has 1 N–H and O–H groups in total. The van der Waals surface area contributed by atoms with E-state index >= 15 is 0 Å². The molecule has 2 aromatic rings. The Kier molecular flexibility index (Phi) is 4.05. The van der Waals surface area contributed by atoms with Gasteiger partial charge in [-0.05, 0) is 38.1 Å². The summed E-state index contributed by atoms with van der Waals surface area (Å²) in [6, 6.07) is 6.54. The van der Waals surface area contributed by atoms with E-state index < -0.39 is 17.2 Å². The van der Waals surface area contributed by atoms with Crippen molar-refractivity contribution in [3.63, 3.8) is 0 Å². The van der Waals surface area contributed by atoms with E-state index in [9.17, 15) is 13.9 Å². The third-order valence-electron chi connectivity index (χ3n) is 3.18. The van der Waals surface area contributed by atoms with E-state index in [0.29, 0.717) is 0 Å². The second kappa shape index (κ2) is 5.32. The number of halogens is 4. The molecule has 106 valence electrons. The number of aryl methyl sites for hydroxylation is 1. The summed E-state index contributed by atoms with van der Waals surface area (Å²) in [5.74, 6) is -1.31. The first-order chi connectivity index (χ1) is 9.23. The lowest BCUT2D eigenvalue weighted by Gasteiger charge is -2.26. The summed E-state index contributed by atoms with van der Waals surface area (Å²) in [5.41, 5.74) is -0.905. The van der Waals surface area contributed by atoms with Gasteiger partial charge in [-0.3, -0.25) is 0 Å². The molecule has 0 fully saturated rings. The molecular weight excluding hydrogens is 305 g/mol. The fourth-order valence-corrected chi connectivity index (χ4v) is 2.62. The Hall–Kier alpha value is -1.16. The van der Waals surface area contributed by atoms with Crippen molar-refractivity contribution in [1.82, 2.24) is 0 Å². The SMILES string of the molecule is Cc1ccc(F)c(C(C)(O)c2cc(F)c(Cl)cc2Cl)c1. The van der Waals surface area contributed by atoms with Gasteiger partial charge in [0.2, 0.25) is 0 Å². The van der Waals surface area contributed by atoms with Crippen LogP contribution in [-0.4, -0.2) is 5.11 Å². The lowest BCUT2D eigenvalue weighted by molar-refractivity contribution is 0.0976.